The molecule has 10 nitrogen and oxygen atoms in total. The van der Waals surface area contributed by atoms with Crippen LogP contribution in [0, 0.1) is 5.92 Å². The molecule has 0 aliphatic carbocycles. The molecule has 1 saturated heterocycles. The molecule has 1 fully saturated rings. The first kappa shape index (κ1) is 39.5. The van der Waals surface area contributed by atoms with Gasteiger partial charge in [0.15, 0.2) is 12.1 Å². The molecule has 2 heterocycles. The van der Waals surface area contributed by atoms with E-state index in [1.54, 1.807) is 6.92 Å². The molecule has 1 aliphatic rings. The van der Waals surface area contributed by atoms with Crippen LogP contribution in [0.15, 0.2) is 143 Å². The Morgan fingerprint density at radius 3 is 2.16 bits per heavy atom. The van der Waals surface area contributed by atoms with Crippen LogP contribution in [0.25, 0.3) is 33.7 Å². The zero-order valence-corrected chi connectivity index (χ0v) is 32.6. The quantitative estimate of drug-likeness (QED) is 0.0731. The first-order valence-electron chi connectivity index (χ1n) is 19.0. The van der Waals surface area contributed by atoms with Crippen molar-refractivity contribution in [3.63, 3.8) is 0 Å². The molecule has 5 aromatic carbocycles. The number of carbonyl (C=O) groups excluding carboxylic acids is 2. The number of aliphatic hydroxyl groups is 1. The average Bonchev–Trinajstić information content (AvgIpc) is 3.70. The number of rotatable bonds is 14. The lowest BCUT2D eigenvalue weighted by Crippen LogP contribution is -2.38. The van der Waals surface area contributed by atoms with E-state index in [0.717, 1.165) is 56.0 Å². The van der Waals surface area contributed by atoms with Crippen molar-refractivity contribution in [3.8, 4) is 33.7 Å². The van der Waals surface area contributed by atoms with Crippen molar-refractivity contribution in [2.45, 2.75) is 50.7 Å². The van der Waals surface area contributed by atoms with Gasteiger partial charge in [0.2, 0.25) is 0 Å². The molecule has 0 saturated carbocycles. The normalized spacial score (nSPS) is 17.8. The molecule has 57 heavy (non-hydrogen) atoms. The Morgan fingerprint density at radius 1 is 0.754 bits per heavy atom. The van der Waals surface area contributed by atoms with Gasteiger partial charge in [0.05, 0.1) is 25.4 Å². The number of urea groups is 1. The molecular weight excluding hydrogens is 739 g/mol. The monoisotopic (exact) mass is 783 g/mol. The van der Waals surface area contributed by atoms with Gasteiger partial charge in [0.1, 0.15) is 12.2 Å². The third kappa shape index (κ3) is 10.00. The zero-order chi connectivity index (χ0) is 39.6. The molecule has 0 radical (unpaired) electrons. The van der Waals surface area contributed by atoms with Crippen LogP contribution in [0.2, 0.25) is 0 Å². The Bertz CT molecular complexity index is 2190. The summed E-state index contributed by atoms with van der Waals surface area (Å²) in [4.78, 5) is 28.9. The van der Waals surface area contributed by atoms with Crippen LogP contribution in [-0.4, -0.2) is 47.1 Å². The first-order valence-corrected chi connectivity index (χ1v) is 20.0. The van der Waals surface area contributed by atoms with Gasteiger partial charge in [-0.2, -0.15) is 0 Å². The maximum Gasteiger partial charge on any atom is 0.325 e. The molecular formula is C46H45N3O7S. The Hall–Kier alpha value is -5.72. The highest BCUT2D eigenvalue weighted by atomic mass is 32.2. The summed E-state index contributed by atoms with van der Waals surface area (Å²) < 4.78 is 24.9. The van der Waals surface area contributed by atoms with E-state index in [1.165, 1.54) is 11.8 Å². The lowest BCUT2D eigenvalue weighted by molar-refractivity contribution is -0.268. The van der Waals surface area contributed by atoms with Gasteiger partial charge >= 0.3 is 12.0 Å². The van der Waals surface area contributed by atoms with Crippen LogP contribution in [0.4, 0.5) is 4.79 Å². The standard InChI is InChI=1S/C46H45N3O7S/c1-3-53-40(51)27-48-45(52)47-26-32-12-10-17-36(24-32)37-18-11-19-38(25-37)44-54-39(30(2)42(55-44)35-22-20-31(28-50)21-23-35)29-57-46-49-41(33-13-6-4-7-14-33)43(56-46)34-15-8-5-9-16-34/h4-25,30,39,42,44,50H,3,26-29H2,1-2H3,(H2,47,48,52)/t30-,39+,42+,44+/m1/s1. The van der Waals surface area contributed by atoms with Crippen LogP contribution >= 0.6 is 11.8 Å². The summed E-state index contributed by atoms with van der Waals surface area (Å²) >= 11 is 1.52. The van der Waals surface area contributed by atoms with Crippen molar-refractivity contribution < 1.29 is 33.3 Å². The van der Waals surface area contributed by atoms with Gasteiger partial charge in [-0.15, -0.1) is 0 Å². The van der Waals surface area contributed by atoms with Gasteiger partial charge in [-0.3, -0.25) is 4.79 Å². The van der Waals surface area contributed by atoms with Crippen LogP contribution in [0.3, 0.4) is 0 Å². The van der Waals surface area contributed by atoms with Gasteiger partial charge < -0.3 is 34.4 Å². The fourth-order valence-electron chi connectivity index (χ4n) is 6.74. The Morgan fingerprint density at radius 2 is 1.44 bits per heavy atom. The minimum Gasteiger partial charge on any atom is -0.465 e. The van der Waals surface area contributed by atoms with Crippen molar-refractivity contribution in [2.24, 2.45) is 5.92 Å². The molecule has 3 N–H and O–H groups in total. The Balaban J connectivity index is 1.11. The highest BCUT2D eigenvalue weighted by molar-refractivity contribution is 7.99. The minimum absolute atomic E-state index is 0.0345. The Kier molecular flexibility index (Phi) is 13.1. The second kappa shape index (κ2) is 18.9. The lowest BCUT2D eigenvalue weighted by Gasteiger charge is -2.41. The number of carbonyl (C=O) groups is 2. The summed E-state index contributed by atoms with van der Waals surface area (Å²) in [6.07, 6.45) is -1.21. The van der Waals surface area contributed by atoms with Crippen molar-refractivity contribution in [1.82, 2.24) is 15.6 Å². The lowest BCUT2D eigenvalue weighted by atomic mass is 9.91. The number of esters is 1. The highest BCUT2D eigenvalue weighted by Gasteiger charge is 2.39. The average molecular weight is 784 g/mol. The molecule has 0 spiro atoms. The van der Waals surface area contributed by atoms with Gasteiger partial charge in [-0.25, -0.2) is 9.78 Å². The van der Waals surface area contributed by atoms with E-state index >= 15 is 0 Å². The summed E-state index contributed by atoms with van der Waals surface area (Å²) in [5, 5.41) is 15.6. The number of benzene rings is 5. The van der Waals surface area contributed by atoms with Crippen LogP contribution in [0.1, 0.15) is 48.5 Å². The number of thioether (sulfide) groups is 1. The summed E-state index contributed by atoms with van der Waals surface area (Å²) in [7, 11) is 0. The van der Waals surface area contributed by atoms with Crippen molar-refractivity contribution >= 4 is 23.8 Å². The molecule has 4 atom stereocenters. The number of oxazole rings is 1. The van der Waals surface area contributed by atoms with E-state index in [1.807, 2.05) is 127 Å². The molecule has 7 rings (SSSR count). The van der Waals surface area contributed by atoms with Crippen molar-refractivity contribution in [3.05, 3.63) is 156 Å². The molecule has 0 bridgehead atoms. The molecule has 2 amide bonds. The van der Waals surface area contributed by atoms with Crippen molar-refractivity contribution in [1.29, 1.82) is 0 Å². The molecule has 0 unspecified atom stereocenters. The maximum absolute atomic E-state index is 12.3. The smallest absolute Gasteiger partial charge is 0.325 e. The number of aromatic nitrogens is 1. The third-order valence-corrected chi connectivity index (χ3v) is 10.7. The number of nitrogens with zero attached hydrogens (tertiary/aromatic N) is 1. The molecule has 1 aliphatic heterocycles. The van der Waals surface area contributed by atoms with Crippen molar-refractivity contribution in [2.75, 3.05) is 18.9 Å². The van der Waals surface area contributed by atoms with E-state index in [-0.39, 0.29) is 44.4 Å². The maximum atomic E-state index is 12.3. The predicted molar refractivity (Wildman–Crippen MR) is 220 cm³/mol. The van der Waals surface area contributed by atoms with Gasteiger partial charge in [0.25, 0.3) is 5.22 Å². The fourth-order valence-corrected chi connectivity index (χ4v) is 7.72. The van der Waals surface area contributed by atoms with E-state index in [9.17, 15) is 14.7 Å². The summed E-state index contributed by atoms with van der Waals surface area (Å²) in [5.74, 6) is 0.763. The number of aliphatic hydroxyl groups excluding tert-OH is 1. The summed E-state index contributed by atoms with van der Waals surface area (Å²) in [5.41, 5.74) is 8.23. The second-order valence-corrected chi connectivity index (χ2v) is 14.7. The number of hydrogen-bond donors (Lipinski definition) is 3. The SMILES string of the molecule is CCOC(=O)CNC(=O)NCc1cccc(-c2cccc([C@H]3O[C@@H](CSc4nc(-c5ccccc5)c(-c5ccccc5)o4)[C@@H](C)[C@@H](c4ccc(CO)cc4)O3)c2)c1. The van der Waals surface area contributed by atoms with E-state index in [0.29, 0.717) is 11.0 Å². The van der Waals surface area contributed by atoms with Gasteiger partial charge in [0, 0.05) is 34.9 Å². The largest absolute Gasteiger partial charge is 0.465 e. The zero-order valence-electron chi connectivity index (χ0n) is 31.8. The minimum atomic E-state index is -0.675. The van der Waals surface area contributed by atoms with E-state index in [4.69, 9.17) is 23.6 Å². The predicted octanol–water partition coefficient (Wildman–Crippen LogP) is 9.11. The molecule has 1 aromatic heterocycles. The van der Waals surface area contributed by atoms with E-state index in [2.05, 4.69) is 23.6 Å². The first-order chi connectivity index (χ1) is 27.9. The summed E-state index contributed by atoms with van der Waals surface area (Å²) in [6, 6.07) is 43.5. The summed E-state index contributed by atoms with van der Waals surface area (Å²) in [6.45, 7) is 4.14. The topological polar surface area (TPSA) is 132 Å². The van der Waals surface area contributed by atoms with Crippen LogP contribution in [0.5, 0.6) is 0 Å². The number of hydrogen-bond acceptors (Lipinski definition) is 9. The second-order valence-electron chi connectivity index (χ2n) is 13.7. The van der Waals surface area contributed by atoms with E-state index < -0.39 is 18.3 Å². The number of ether oxygens (including phenoxy) is 3. The fraction of sp³-hybridized carbons (Fsp3) is 0.239. The van der Waals surface area contributed by atoms with Gasteiger partial charge in [-0.1, -0.05) is 140 Å². The third-order valence-electron chi connectivity index (χ3n) is 9.76. The molecule has 6 aromatic rings. The van der Waals surface area contributed by atoms with Gasteiger partial charge in [-0.05, 0) is 46.9 Å². The van der Waals surface area contributed by atoms with Crippen LogP contribution < -0.4 is 10.6 Å². The molecule has 292 valence electrons. The number of nitrogens with one attached hydrogen (secondary N) is 2. The number of amides is 2. The highest BCUT2D eigenvalue weighted by Crippen LogP contribution is 2.44. The molecule has 11 heteroatoms. The van der Waals surface area contributed by atoms with Crippen LogP contribution in [-0.2, 0) is 32.2 Å². The Labute approximate surface area is 336 Å².